The minimum absolute atomic E-state index is 0.0123. The first-order chi connectivity index (χ1) is 6.66. The second-order valence-corrected chi connectivity index (χ2v) is 3.69. The number of halogens is 2. The average Bonchev–Trinajstić information content (AvgIpc) is 2.87. The van der Waals surface area contributed by atoms with Crippen LogP contribution in [0.1, 0.15) is 29.6 Å². The van der Waals surface area contributed by atoms with Gasteiger partial charge in [-0.1, -0.05) is 0 Å². The Kier molecular flexibility index (Phi) is 2.32. The minimum Gasteiger partial charge on any atom is -0.294 e. The van der Waals surface area contributed by atoms with E-state index in [0.717, 1.165) is 25.0 Å². The maximum atomic E-state index is 13.1. The van der Waals surface area contributed by atoms with Crippen molar-refractivity contribution in [1.29, 1.82) is 0 Å². The molecule has 0 heterocycles. The molecule has 0 unspecified atom stereocenters. The third-order valence-corrected chi connectivity index (χ3v) is 2.40. The van der Waals surface area contributed by atoms with Crippen molar-refractivity contribution in [3.63, 3.8) is 0 Å². The van der Waals surface area contributed by atoms with Gasteiger partial charge in [-0.15, -0.1) is 0 Å². The molecule has 0 radical (unpaired) electrons. The summed E-state index contributed by atoms with van der Waals surface area (Å²) in [4.78, 5) is 11.5. The lowest BCUT2D eigenvalue weighted by Gasteiger charge is -2.01. The Morgan fingerprint density at radius 3 is 2.64 bits per heavy atom. The molecule has 0 bridgehead atoms. The van der Waals surface area contributed by atoms with E-state index in [0.29, 0.717) is 12.3 Å². The van der Waals surface area contributed by atoms with Crippen LogP contribution in [0.15, 0.2) is 18.2 Å². The predicted octanol–water partition coefficient (Wildman–Crippen LogP) is 2.95. The van der Waals surface area contributed by atoms with Gasteiger partial charge >= 0.3 is 0 Å². The van der Waals surface area contributed by atoms with E-state index in [1.807, 2.05) is 0 Å². The zero-order valence-electron chi connectivity index (χ0n) is 7.59. The second-order valence-electron chi connectivity index (χ2n) is 3.69. The Morgan fingerprint density at radius 1 is 1.36 bits per heavy atom. The van der Waals surface area contributed by atoms with Gasteiger partial charge < -0.3 is 0 Å². The van der Waals surface area contributed by atoms with Crippen LogP contribution in [0.3, 0.4) is 0 Å². The number of benzene rings is 1. The summed E-state index contributed by atoms with van der Waals surface area (Å²) in [6, 6.07) is 3.08. The number of carbonyl (C=O) groups excluding carboxylic acids is 1. The number of Topliss-reactive ketones (excluding diaryl/α,β-unsaturated/α-hetero) is 1. The molecule has 0 aliphatic heterocycles. The number of hydrogen-bond donors (Lipinski definition) is 0. The quantitative estimate of drug-likeness (QED) is 0.679. The standard InChI is InChI=1S/C11H10F2O/c12-8-3-4-9(10(13)6-8)11(14)5-7-1-2-7/h3-4,6-7H,1-2,5H2. The van der Waals surface area contributed by atoms with Crippen LogP contribution < -0.4 is 0 Å². The van der Waals surface area contributed by atoms with Crippen LogP contribution in [0.2, 0.25) is 0 Å². The van der Waals surface area contributed by atoms with Crippen LogP contribution in [-0.2, 0) is 0 Å². The Hall–Kier alpha value is -1.25. The molecule has 3 heteroatoms. The van der Waals surface area contributed by atoms with Crippen LogP contribution in [-0.4, -0.2) is 5.78 Å². The predicted molar refractivity (Wildman–Crippen MR) is 48.0 cm³/mol. The Morgan fingerprint density at radius 2 is 2.07 bits per heavy atom. The molecule has 0 atom stereocenters. The summed E-state index contributed by atoms with van der Waals surface area (Å²) in [5.74, 6) is -1.20. The topological polar surface area (TPSA) is 17.1 Å². The Labute approximate surface area is 80.7 Å². The first-order valence-corrected chi connectivity index (χ1v) is 4.65. The van der Waals surface area contributed by atoms with Gasteiger partial charge in [-0.3, -0.25) is 4.79 Å². The van der Waals surface area contributed by atoms with Gasteiger partial charge in [0.15, 0.2) is 5.78 Å². The van der Waals surface area contributed by atoms with Crippen molar-refractivity contribution in [2.24, 2.45) is 5.92 Å². The molecule has 1 fully saturated rings. The van der Waals surface area contributed by atoms with Gasteiger partial charge in [-0.05, 0) is 30.9 Å². The summed E-state index contributed by atoms with van der Waals surface area (Å²) < 4.78 is 25.6. The molecule has 2 rings (SSSR count). The molecule has 1 aromatic carbocycles. The van der Waals surface area contributed by atoms with Gasteiger partial charge in [-0.25, -0.2) is 8.78 Å². The molecule has 1 aromatic rings. The third-order valence-electron chi connectivity index (χ3n) is 2.40. The van der Waals surface area contributed by atoms with Gasteiger partial charge in [0.1, 0.15) is 11.6 Å². The molecule has 0 aromatic heterocycles. The van der Waals surface area contributed by atoms with E-state index in [9.17, 15) is 13.6 Å². The van der Waals surface area contributed by atoms with E-state index < -0.39 is 11.6 Å². The van der Waals surface area contributed by atoms with Crippen molar-refractivity contribution in [2.75, 3.05) is 0 Å². The maximum absolute atomic E-state index is 13.1. The number of hydrogen-bond acceptors (Lipinski definition) is 1. The number of ketones is 1. The van der Waals surface area contributed by atoms with Gasteiger partial charge in [0.05, 0.1) is 5.56 Å². The normalized spacial score (nSPS) is 15.6. The summed E-state index contributed by atoms with van der Waals surface area (Å²) in [6.45, 7) is 0. The Balaban J connectivity index is 2.17. The van der Waals surface area contributed by atoms with E-state index in [-0.39, 0.29) is 11.3 Å². The van der Waals surface area contributed by atoms with E-state index in [1.165, 1.54) is 6.07 Å². The molecule has 0 spiro atoms. The zero-order valence-corrected chi connectivity index (χ0v) is 7.59. The summed E-state index contributed by atoms with van der Waals surface area (Å²) in [5, 5.41) is 0. The van der Waals surface area contributed by atoms with Crippen molar-refractivity contribution in [1.82, 2.24) is 0 Å². The summed E-state index contributed by atoms with van der Waals surface area (Å²) in [7, 11) is 0. The van der Waals surface area contributed by atoms with Crippen LogP contribution >= 0.6 is 0 Å². The van der Waals surface area contributed by atoms with E-state index >= 15 is 0 Å². The second kappa shape index (κ2) is 3.48. The van der Waals surface area contributed by atoms with Gasteiger partial charge in [-0.2, -0.15) is 0 Å². The molecule has 0 amide bonds. The molecular formula is C11H10F2O. The first kappa shape index (κ1) is 9.31. The van der Waals surface area contributed by atoms with Crippen molar-refractivity contribution < 1.29 is 13.6 Å². The average molecular weight is 196 g/mol. The molecule has 14 heavy (non-hydrogen) atoms. The fraction of sp³-hybridized carbons (Fsp3) is 0.364. The fourth-order valence-electron chi connectivity index (χ4n) is 1.41. The van der Waals surface area contributed by atoms with Crippen molar-refractivity contribution in [3.8, 4) is 0 Å². The van der Waals surface area contributed by atoms with Crippen molar-refractivity contribution in [2.45, 2.75) is 19.3 Å². The SMILES string of the molecule is O=C(CC1CC1)c1ccc(F)cc1F. The molecule has 1 saturated carbocycles. The van der Waals surface area contributed by atoms with Crippen molar-refractivity contribution >= 4 is 5.78 Å². The van der Waals surface area contributed by atoms with E-state index in [2.05, 4.69) is 0 Å². The highest BCUT2D eigenvalue weighted by molar-refractivity contribution is 5.96. The summed E-state index contributed by atoms with van der Waals surface area (Å²) in [6.07, 6.45) is 2.49. The maximum Gasteiger partial charge on any atom is 0.166 e. The molecule has 0 saturated heterocycles. The van der Waals surface area contributed by atoms with Crippen molar-refractivity contribution in [3.05, 3.63) is 35.4 Å². The van der Waals surface area contributed by atoms with E-state index in [4.69, 9.17) is 0 Å². The van der Waals surface area contributed by atoms with Gasteiger partial charge in [0.25, 0.3) is 0 Å². The molecule has 0 N–H and O–H groups in total. The number of rotatable bonds is 3. The number of carbonyl (C=O) groups is 1. The van der Waals surface area contributed by atoms with Gasteiger partial charge in [0, 0.05) is 12.5 Å². The molecule has 1 nitrogen and oxygen atoms in total. The van der Waals surface area contributed by atoms with Crippen LogP contribution in [0, 0.1) is 17.6 Å². The lowest BCUT2D eigenvalue weighted by atomic mass is 10.1. The van der Waals surface area contributed by atoms with Gasteiger partial charge in [0.2, 0.25) is 0 Å². The summed E-state index contributed by atoms with van der Waals surface area (Å²) in [5.41, 5.74) is 0.0123. The molecular weight excluding hydrogens is 186 g/mol. The largest absolute Gasteiger partial charge is 0.294 e. The monoisotopic (exact) mass is 196 g/mol. The molecule has 74 valence electrons. The first-order valence-electron chi connectivity index (χ1n) is 4.65. The molecule has 1 aliphatic rings. The summed E-state index contributed by atoms with van der Waals surface area (Å²) >= 11 is 0. The van der Waals surface area contributed by atoms with Crippen LogP contribution in [0.25, 0.3) is 0 Å². The van der Waals surface area contributed by atoms with Crippen LogP contribution in [0.5, 0.6) is 0 Å². The lowest BCUT2D eigenvalue weighted by Crippen LogP contribution is -2.03. The highest BCUT2D eigenvalue weighted by Crippen LogP contribution is 2.33. The highest BCUT2D eigenvalue weighted by atomic mass is 19.1. The smallest absolute Gasteiger partial charge is 0.166 e. The van der Waals surface area contributed by atoms with Crippen LogP contribution in [0.4, 0.5) is 8.78 Å². The highest BCUT2D eigenvalue weighted by Gasteiger charge is 2.26. The molecule has 1 aliphatic carbocycles. The minimum atomic E-state index is -0.754. The zero-order chi connectivity index (χ0) is 10.1. The van der Waals surface area contributed by atoms with E-state index in [1.54, 1.807) is 0 Å². The fourth-order valence-corrected chi connectivity index (χ4v) is 1.41. The Bertz CT molecular complexity index is 370. The third kappa shape index (κ3) is 1.97. The lowest BCUT2D eigenvalue weighted by molar-refractivity contribution is 0.0972.